The number of halogens is 2. The minimum Gasteiger partial charge on any atom is -0.324 e. The van der Waals surface area contributed by atoms with Gasteiger partial charge in [-0.2, -0.15) is 0 Å². The lowest BCUT2D eigenvalue weighted by Gasteiger charge is -2.12. The molecule has 0 N–H and O–H groups in total. The third-order valence-electron chi connectivity index (χ3n) is 8.29. The van der Waals surface area contributed by atoms with Crippen molar-refractivity contribution in [1.82, 2.24) is 19.1 Å². The average Bonchev–Trinajstić information content (AvgIpc) is 3.54. The van der Waals surface area contributed by atoms with Gasteiger partial charge in [0.2, 0.25) is 0 Å². The Morgan fingerprint density at radius 3 is 1.57 bits per heavy atom. The Balaban J connectivity index is 1.41. The summed E-state index contributed by atoms with van der Waals surface area (Å²) in [5.74, 6) is 2.10. The normalized spacial score (nSPS) is 11.7. The van der Waals surface area contributed by atoms with E-state index in [9.17, 15) is 0 Å². The van der Waals surface area contributed by atoms with E-state index in [1.54, 1.807) is 0 Å². The van der Waals surface area contributed by atoms with Crippen LogP contribution in [0, 0.1) is 0 Å². The van der Waals surface area contributed by atoms with Gasteiger partial charge in [-0.25, -0.2) is 9.97 Å². The van der Waals surface area contributed by atoms with Crippen LogP contribution in [0.5, 0.6) is 0 Å². The molecule has 6 heteroatoms. The molecule has 2 aromatic heterocycles. The number of hydrogen-bond donors (Lipinski definition) is 0. The highest BCUT2D eigenvalue weighted by molar-refractivity contribution is 9.10. The first kappa shape index (κ1) is 31.0. The molecule has 0 atom stereocenters. The van der Waals surface area contributed by atoms with Gasteiger partial charge in [-0.1, -0.05) is 134 Å². The van der Waals surface area contributed by atoms with E-state index in [4.69, 9.17) is 9.97 Å². The van der Waals surface area contributed by atoms with E-state index in [0.29, 0.717) is 0 Å². The van der Waals surface area contributed by atoms with Gasteiger partial charge in [-0.05, 0) is 49.2 Å². The molecule has 0 fully saturated rings. The van der Waals surface area contributed by atoms with Gasteiger partial charge in [0, 0.05) is 33.2 Å². The summed E-state index contributed by atoms with van der Waals surface area (Å²) in [6.45, 7) is 6.53. The summed E-state index contributed by atoms with van der Waals surface area (Å²) in [5, 5.41) is 0. The van der Waals surface area contributed by atoms with Crippen molar-refractivity contribution in [3.05, 3.63) is 69.6 Å². The van der Waals surface area contributed by atoms with Crippen molar-refractivity contribution in [2.24, 2.45) is 0 Å². The zero-order valence-corrected chi connectivity index (χ0v) is 28.4. The molecule has 0 saturated carbocycles. The number of unbranched alkanes of at least 4 members (excludes halogenated alkanes) is 10. The molecule has 0 unspecified atom stereocenters. The number of aromatic nitrogens is 4. The monoisotopic (exact) mass is 690 g/mol. The van der Waals surface area contributed by atoms with Crippen LogP contribution >= 0.6 is 31.9 Å². The van der Waals surface area contributed by atoms with Gasteiger partial charge >= 0.3 is 0 Å². The third kappa shape index (κ3) is 7.55. The highest BCUT2D eigenvalue weighted by Crippen LogP contribution is 2.32. The van der Waals surface area contributed by atoms with Crippen LogP contribution in [0.15, 0.2) is 69.6 Å². The minimum absolute atomic E-state index is 0.985. The molecule has 222 valence electrons. The van der Waals surface area contributed by atoms with E-state index >= 15 is 0 Å². The van der Waals surface area contributed by atoms with Crippen molar-refractivity contribution in [2.75, 3.05) is 0 Å². The maximum atomic E-state index is 5.11. The molecule has 4 nitrogen and oxygen atoms in total. The van der Waals surface area contributed by atoms with E-state index in [1.165, 1.54) is 88.1 Å². The summed E-state index contributed by atoms with van der Waals surface area (Å²) < 4.78 is 7.00. The third-order valence-corrected chi connectivity index (χ3v) is 9.28. The van der Waals surface area contributed by atoms with Crippen molar-refractivity contribution in [2.45, 2.75) is 104 Å². The van der Waals surface area contributed by atoms with E-state index in [1.807, 2.05) is 0 Å². The number of hydrogen-bond acceptors (Lipinski definition) is 2. The highest BCUT2D eigenvalue weighted by atomic mass is 79.9. The summed E-state index contributed by atoms with van der Waals surface area (Å²) in [6.07, 6.45) is 15.4. The summed E-state index contributed by atoms with van der Waals surface area (Å²) in [7, 11) is 0. The van der Waals surface area contributed by atoms with Crippen LogP contribution in [0.2, 0.25) is 0 Å². The SMILES string of the molecule is CCCCCCCCn1c(-c2ccc(-c3nc4ccc(Br)cc4n3CCCCCCCC)cc2)nc2cc(Br)ccc21. The zero-order chi connectivity index (χ0) is 29.3. The fourth-order valence-corrected chi connectivity index (χ4v) is 6.66. The lowest BCUT2D eigenvalue weighted by molar-refractivity contribution is 0.566. The lowest BCUT2D eigenvalue weighted by Crippen LogP contribution is -2.02. The quantitative estimate of drug-likeness (QED) is 0.0965. The van der Waals surface area contributed by atoms with Crippen LogP contribution < -0.4 is 0 Å². The molecular weight excluding hydrogens is 648 g/mol. The Morgan fingerprint density at radius 1 is 0.500 bits per heavy atom. The van der Waals surface area contributed by atoms with Crippen molar-refractivity contribution in [3.63, 3.8) is 0 Å². The number of imidazole rings is 2. The van der Waals surface area contributed by atoms with Crippen molar-refractivity contribution < 1.29 is 0 Å². The zero-order valence-electron chi connectivity index (χ0n) is 25.2. The summed E-state index contributed by atoms with van der Waals surface area (Å²) >= 11 is 7.33. The Morgan fingerprint density at radius 2 is 0.976 bits per heavy atom. The molecule has 5 rings (SSSR count). The lowest BCUT2D eigenvalue weighted by atomic mass is 10.1. The number of fused-ring (bicyclic) bond motifs is 2. The van der Waals surface area contributed by atoms with Gasteiger partial charge in [0.1, 0.15) is 11.6 Å². The first-order valence-corrected chi connectivity index (χ1v) is 17.6. The molecule has 0 amide bonds. The second-order valence-electron chi connectivity index (χ2n) is 11.6. The van der Waals surface area contributed by atoms with Crippen LogP contribution in [0.1, 0.15) is 90.9 Å². The Hall–Kier alpha value is -2.44. The maximum absolute atomic E-state index is 5.11. The van der Waals surface area contributed by atoms with Crippen LogP contribution in [-0.4, -0.2) is 19.1 Å². The smallest absolute Gasteiger partial charge is 0.141 e. The van der Waals surface area contributed by atoms with Crippen LogP contribution in [0.3, 0.4) is 0 Å². The van der Waals surface area contributed by atoms with Gasteiger partial charge in [-0.15, -0.1) is 0 Å². The van der Waals surface area contributed by atoms with E-state index in [-0.39, 0.29) is 0 Å². The molecule has 0 radical (unpaired) electrons. The van der Waals surface area contributed by atoms with E-state index in [2.05, 4.69) is 116 Å². The standard InChI is InChI=1S/C36H44Br2N4/c1-3-5-7-9-11-13-23-41-33-22-20-29(37)25-32(33)40-36(41)28-17-15-27(16-18-28)35-39-31-21-19-30(38)26-34(31)42(35)24-14-12-10-8-6-4-2/h15-22,25-26H,3-14,23-24H2,1-2H3. The molecule has 3 aromatic carbocycles. The van der Waals surface area contributed by atoms with E-state index in [0.717, 1.165) is 55.8 Å². The topological polar surface area (TPSA) is 35.6 Å². The van der Waals surface area contributed by atoms with Crippen molar-refractivity contribution in [1.29, 1.82) is 0 Å². The first-order chi connectivity index (χ1) is 20.6. The molecule has 0 aliphatic rings. The van der Waals surface area contributed by atoms with Gasteiger partial charge in [-0.3, -0.25) is 0 Å². The molecule has 0 saturated heterocycles. The highest BCUT2D eigenvalue weighted by Gasteiger charge is 2.16. The van der Waals surface area contributed by atoms with E-state index < -0.39 is 0 Å². The predicted octanol–water partition coefficient (Wildman–Crippen LogP) is 12.0. The van der Waals surface area contributed by atoms with Crippen molar-refractivity contribution in [3.8, 4) is 22.8 Å². The van der Waals surface area contributed by atoms with Crippen molar-refractivity contribution >= 4 is 53.9 Å². The Bertz CT molecular complexity index is 1560. The number of benzene rings is 3. The number of aryl methyl sites for hydroxylation is 2. The molecule has 0 spiro atoms. The van der Waals surface area contributed by atoms with Gasteiger partial charge in [0.05, 0.1) is 22.1 Å². The molecular formula is C36H44Br2N4. The molecule has 0 aliphatic carbocycles. The Labute approximate surface area is 268 Å². The molecule has 0 bridgehead atoms. The largest absolute Gasteiger partial charge is 0.324 e. The molecule has 0 aliphatic heterocycles. The second-order valence-corrected chi connectivity index (χ2v) is 13.4. The number of rotatable bonds is 16. The molecule has 2 heterocycles. The fraction of sp³-hybridized carbons (Fsp3) is 0.444. The summed E-state index contributed by atoms with van der Waals surface area (Å²) in [6, 6.07) is 21.8. The van der Waals surface area contributed by atoms with Crippen LogP contribution in [-0.2, 0) is 13.1 Å². The molecule has 5 aromatic rings. The summed E-state index contributed by atoms with van der Waals surface area (Å²) in [5.41, 5.74) is 6.80. The van der Waals surface area contributed by atoms with Gasteiger partial charge in [0.15, 0.2) is 0 Å². The number of nitrogens with zero attached hydrogens (tertiary/aromatic N) is 4. The van der Waals surface area contributed by atoms with Gasteiger partial charge < -0.3 is 9.13 Å². The molecule has 42 heavy (non-hydrogen) atoms. The minimum atomic E-state index is 0.985. The fourth-order valence-electron chi connectivity index (χ4n) is 5.96. The summed E-state index contributed by atoms with van der Waals surface area (Å²) in [4.78, 5) is 10.2. The predicted molar refractivity (Wildman–Crippen MR) is 186 cm³/mol. The Kier molecular flexibility index (Phi) is 11.3. The maximum Gasteiger partial charge on any atom is 0.141 e. The first-order valence-electron chi connectivity index (χ1n) is 16.0. The van der Waals surface area contributed by atoms with Gasteiger partial charge in [0.25, 0.3) is 0 Å². The van der Waals surface area contributed by atoms with Crippen LogP contribution in [0.4, 0.5) is 0 Å². The van der Waals surface area contributed by atoms with Crippen LogP contribution in [0.25, 0.3) is 44.8 Å². The average molecular weight is 693 g/mol. The second kappa shape index (κ2) is 15.3.